The Balaban J connectivity index is 1.26. The van der Waals surface area contributed by atoms with Gasteiger partial charge >= 0.3 is 11.8 Å². The number of hydrogen-bond donors (Lipinski definition) is 1. The lowest BCUT2D eigenvalue weighted by Gasteiger charge is -2.32. The summed E-state index contributed by atoms with van der Waals surface area (Å²) in [7, 11) is 0. The number of amides is 1. The summed E-state index contributed by atoms with van der Waals surface area (Å²) in [5, 5.41) is 14.3. The number of benzene rings is 1. The molecule has 0 aliphatic carbocycles. The van der Waals surface area contributed by atoms with Crippen molar-refractivity contribution in [3.8, 4) is 0 Å². The molecular formula is C21H17F3N6O3. The summed E-state index contributed by atoms with van der Waals surface area (Å²) in [6.45, 7) is 0.923. The summed E-state index contributed by atoms with van der Waals surface area (Å²) in [4.78, 5) is 25.9. The zero-order valence-corrected chi connectivity index (χ0v) is 17.0. The lowest BCUT2D eigenvalue weighted by atomic mass is 9.95. The van der Waals surface area contributed by atoms with E-state index in [0.717, 1.165) is 0 Å². The van der Waals surface area contributed by atoms with Crippen molar-refractivity contribution in [1.82, 2.24) is 19.8 Å². The van der Waals surface area contributed by atoms with Crippen LogP contribution in [0.3, 0.4) is 0 Å². The van der Waals surface area contributed by atoms with E-state index >= 15 is 0 Å². The molecule has 0 radical (unpaired) electrons. The number of nitrogens with zero attached hydrogens (tertiary/aromatic N) is 5. The van der Waals surface area contributed by atoms with Gasteiger partial charge in [0.1, 0.15) is 11.4 Å². The molecule has 1 amide bonds. The van der Waals surface area contributed by atoms with Crippen LogP contribution in [0.25, 0.3) is 16.6 Å². The molecule has 5 rings (SSSR count). The summed E-state index contributed by atoms with van der Waals surface area (Å²) in [5.41, 5.74) is 0.580. The molecule has 170 valence electrons. The number of carbonyl (C=O) groups is 1. The molecule has 0 spiro atoms. The first kappa shape index (κ1) is 20.9. The zero-order chi connectivity index (χ0) is 23.2. The number of anilines is 2. The summed E-state index contributed by atoms with van der Waals surface area (Å²) in [5.74, 6) is -1.21. The van der Waals surface area contributed by atoms with E-state index in [9.17, 15) is 22.8 Å². The van der Waals surface area contributed by atoms with Crippen LogP contribution in [-0.2, 0) is 11.0 Å². The second-order valence-electron chi connectivity index (χ2n) is 7.74. The summed E-state index contributed by atoms with van der Waals surface area (Å²) in [6.07, 6.45) is -3.63. The predicted octanol–water partition coefficient (Wildman–Crippen LogP) is 3.10. The topological polar surface area (TPSA) is 106 Å². The van der Waals surface area contributed by atoms with Gasteiger partial charge in [0.25, 0.3) is 5.82 Å². The molecule has 1 saturated heterocycles. The van der Waals surface area contributed by atoms with Gasteiger partial charge in [0.2, 0.25) is 5.91 Å². The largest absolute Gasteiger partial charge is 0.453 e. The highest BCUT2D eigenvalue weighted by atomic mass is 19.4. The molecule has 9 nitrogen and oxygen atoms in total. The highest BCUT2D eigenvalue weighted by Crippen LogP contribution is 2.29. The second-order valence-corrected chi connectivity index (χ2v) is 7.74. The quantitative estimate of drug-likeness (QED) is 0.470. The number of nitrogens with one attached hydrogen (secondary N) is 1. The number of fused-ring (bicyclic) bond motifs is 2. The minimum atomic E-state index is -4.66. The van der Waals surface area contributed by atoms with Gasteiger partial charge in [-0.1, -0.05) is 0 Å². The molecule has 4 aromatic rings. The van der Waals surface area contributed by atoms with Crippen LogP contribution in [0.15, 0.2) is 51.7 Å². The summed E-state index contributed by atoms with van der Waals surface area (Å²) >= 11 is 0. The maximum atomic E-state index is 13.1. The van der Waals surface area contributed by atoms with Crippen LogP contribution >= 0.6 is 0 Å². The van der Waals surface area contributed by atoms with Crippen molar-refractivity contribution >= 4 is 34.0 Å². The Morgan fingerprint density at radius 1 is 1.06 bits per heavy atom. The van der Waals surface area contributed by atoms with Crippen molar-refractivity contribution in [2.75, 3.05) is 23.3 Å². The first-order valence-electron chi connectivity index (χ1n) is 10.2. The minimum absolute atomic E-state index is 0.00926. The minimum Gasteiger partial charge on any atom is -0.423 e. The van der Waals surface area contributed by atoms with Crippen molar-refractivity contribution in [2.45, 2.75) is 19.0 Å². The number of piperidine rings is 1. The molecule has 12 heteroatoms. The van der Waals surface area contributed by atoms with Gasteiger partial charge in [0.15, 0.2) is 5.65 Å². The third kappa shape index (κ3) is 4.11. The Morgan fingerprint density at radius 2 is 1.85 bits per heavy atom. The van der Waals surface area contributed by atoms with Crippen molar-refractivity contribution in [2.24, 2.45) is 5.92 Å². The highest BCUT2D eigenvalue weighted by molar-refractivity contribution is 5.94. The van der Waals surface area contributed by atoms with Gasteiger partial charge < -0.3 is 14.6 Å². The lowest BCUT2D eigenvalue weighted by Crippen LogP contribution is -2.38. The molecule has 1 aliphatic heterocycles. The first-order valence-corrected chi connectivity index (χ1v) is 10.2. The van der Waals surface area contributed by atoms with E-state index in [1.165, 1.54) is 12.1 Å². The van der Waals surface area contributed by atoms with Crippen molar-refractivity contribution in [3.05, 3.63) is 58.7 Å². The predicted molar refractivity (Wildman–Crippen MR) is 112 cm³/mol. The van der Waals surface area contributed by atoms with Gasteiger partial charge in [-0.3, -0.25) is 4.79 Å². The third-order valence-corrected chi connectivity index (χ3v) is 5.58. The fourth-order valence-corrected chi connectivity index (χ4v) is 3.89. The van der Waals surface area contributed by atoms with Gasteiger partial charge in [-0.25, -0.2) is 4.79 Å². The lowest BCUT2D eigenvalue weighted by molar-refractivity contribution is -0.146. The molecule has 1 aliphatic rings. The number of alkyl halides is 3. The van der Waals surface area contributed by atoms with E-state index in [1.807, 2.05) is 4.90 Å². The molecule has 1 aromatic carbocycles. The second kappa shape index (κ2) is 7.87. The van der Waals surface area contributed by atoms with Crippen LogP contribution in [0.4, 0.5) is 24.7 Å². The summed E-state index contributed by atoms with van der Waals surface area (Å²) in [6, 6.07) is 11.0. The molecule has 1 N–H and O–H groups in total. The van der Waals surface area contributed by atoms with E-state index < -0.39 is 17.6 Å². The van der Waals surface area contributed by atoms with Crippen molar-refractivity contribution < 1.29 is 22.4 Å². The van der Waals surface area contributed by atoms with Crippen LogP contribution in [0.2, 0.25) is 0 Å². The third-order valence-electron chi connectivity index (χ3n) is 5.58. The maximum Gasteiger partial charge on any atom is 0.453 e. The number of carbonyl (C=O) groups excluding carboxylic acids is 1. The van der Waals surface area contributed by atoms with Crippen LogP contribution in [-0.4, -0.2) is 38.8 Å². The van der Waals surface area contributed by atoms with E-state index in [-0.39, 0.29) is 17.5 Å². The molecule has 0 atom stereocenters. The zero-order valence-electron chi connectivity index (χ0n) is 17.0. The van der Waals surface area contributed by atoms with E-state index in [0.29, 0.717) is 52.9 Å². The number of halogens is 3. The average Bonchev–Trinajstić information content (AvgIpc) is 3.23. The van der Waals surface area contributed by atoms with Gasteiger partial charge in [-0.2, -0.15) is 17.7 Å². The highest BCUT2D eigenvalue weighted by Gasteiger charge is 2.38. The Bertz CT molecular complexity index is 1410. The molecule has 3 aromatic heterocycles. The average molecular weight is 458 g/mol. The van der Waals surface area contributed by atoms with Gasteiger partial charge in [0.05, 0.1) is 0 Å². The molecule has 33 heavy (non-hydrogen) atoms. The SMILES string of the molecule is O=C(Nc1ccc2oc(=O)ccc2c1)C1CCN(c2ccc3nnc(C(F)(F)F)n3n2)CC1. The molecule has 0 saturated carbocycles. The maximum absolute atomic E-state index is 13.1. The van der Waals surface area contributed by atoms with Crippen LogP contribution in [0.1, 0.15) is 18.7 Å². The Morgan fingerprint density at radius 3 is 2.61 bits per heavy atom. The smallest absolute Gasteiger partial charge is 0.423 e. The van der Waals surface area contributed by atoms with E-state index in [4.69, 9.17) is 4.42 Å². The molecular weight excluding hydrogens is 441 g/mol. The Hall–Kier alpha value is -3.96. The number of rotatable bonds is 3. The number of hydrogen-bond acceptors (Lipinski definition) is 7. The van der Waals surface area contributed by atoms with Crippen LogP contribution < -0.4 is 15.8 Å². The van der Waals surface area contributed by atoms with Gasteiger partial charge in [0, 0.05) is 36.1 Å². The molecule has 1 fully saturated rings. The summed E-state index contributed by atoms with van der Waals surface area (Å²) < 4.78 is 45.1. The normalized spacial score (nSPS) is 15.3. The molecule has 0 unspecified atom stereocenters. The Kier molecular flexibility index (Phi) is 4.99. The first-order chi connectivity index (χ1) is 15.8. The van der Waals surface area contributed by atoms with Crippen LogP contribution in [0.5, 0.6) is 0 Å². The van der Waals surface area contributed by atoms with Gasteiger partial charge in [-0.05, 0) is 49.2 Å². The molecule has 0 bridgehead atoms. The van der Waals surface area contributed by atoms with E-state index in [2.05, 4.69) is 20.6 Å². The van der Waals surface area contributed by atoms with Crippen molar-refractivity contribution in [3.63, 3.8) is 0 Å². The monoisotopic (exact) mass is 458 g/mol. The molecule has 4 heterocycles. The van der Waals surface area contributed by atoms with E-state index in [1.54, 1.807) is 30.3 Å². The fourth-order valence-electron chi connectivity index (χ4n) is 3.89. The van der Waals surface area contributed by atoms with Crippen molar-refractivity contribution in [1.29, 1.82) is 0 Å². The number of aromatic nitrogens is 4. The standard InChI is InChI=1S/C21H17F3N6O3/c22-21(23,24)20-27-26-16-4-5-17(28-30(16)20)29-9-7-12(8-10-29)19(32)25-14-2-3-15-13(11-14)1-6-18(31)33-15/h1-6,11-12H,7-10H2,(H,25,32). The Labute approximate surface area is 183 Å². The fraction of sp³-hybridized carbons (Fsp3) is 0.286. The van der Waals surface area contributed by atoms with Gasteiger partial charge in [-0.15, -0.1) is 15.3 Å². The van der Waals surface area contributed by atoms with Crippen LogP contribution in [0, 0.1) is 5.92 Å².